The van der Waals surface area contributed by atoms with Gasteiger partial charge in [-0.15, -0.1) is 0 Å². The molecule has 3 aromatic rings. The van der Waals surface area contributed by atoms with Crippen molar-refractivity contribution in [2.75, 3.05) is 30.1 Å². The van der Waals surface area contributed by atoms with Crippen molar-refractivity contribution < 1.29 is 55.2 Å². The number of carbonyl (C=O) groups excluding carboxylic acids is 1. The standard InChI is InChI=1S/C31H33F6N5O6/c1-4-21-14-24(27-23(8-9-25(40-27)46-3)42(21)29(45)47-5-2)41(28-38-15-22(16-39-28)48-10-6-7-26(43)44)17-18-11-19(30(32,33)34)13-20(12-18)31(35,36)37/h8-9,11-13,15-16,21,24H,4-7,10,14,17H2,1-3H3,(H,43,44)/t21-,24?/m1/s1. The van der Waals surface area contributed by atoms with E-state index in [1.165, 1.54) is 35.4 Å². The van der Waals surface area contributed by atoms with Crippen LogP contribution in [-0.4, -0.2) is 58.5 Å². The molecular formula is C31H33F6N5O6. The molecule has 0 saturated heterocycles. The zero-order valence-corrected chi connectivity index (χ0v) is 26.1. The van der Waals surface area contributed by atoms with Gasteiger partial charge in [0, 0.05) is 25.1 Å². The molecule has 2 aromatic heterocycles. The number of nitrogens with zero attached hydrogens (tertiary/aromatic N) is 5. The Kier molecular flexibility index (Phi) is 11.2. The van der Waals surface area contributed by atoms with E-state index in [0.717, 1.165) is 0 Å². The summed E-state index contributed by atoms with van der Waals surface area (Å²) in [6.07, 6.45) is -7.71. The highest BCUT2D eigenvalue weighted by molar-refractivity contribution is 5.90. The third-order valence-electron chi connectivity index (χ3n) is 7.51. The monoisotopic (exact) mass is 685 g/mol. The summed E-state index contributed by atoms with van der Waals surface area (Å²) < 4.78 is 98.9. The first-order valence-electron chi connectivity index (χ1n) is 14.9. The maximum atomic E-state index is 13.8. The average Bonchev–Trinajstić information content (AvgIpc) is 3.04. The molecule has 0 aliphatic carbocycles. The lowest BCUT2D eigenvalue weighted by atomic mass is 9.92. The van der Waals surface area contributed by atoms with Crippen LogP contribution in [0.4, 0.5) is 42.8 Å². The van der Waals surface area contributed by atoms with Gasteiger partial charge in [0.2, 0.25) is 11.8 Å². The van der Waals surface area contributed by atoms with E-state index in [1.54, 1.807) is 13.0 Å². The van der Waals surface area contributed by atoms with E-state index in [2.05, 4.69) is 15.0 Å². The van der Waals surface area contributed by atoms with E-state index in [9.17, 15) is 35.9 Å². The van der Waals surface area contributed by atoms with Crippen molar-refractivity contribution in [1.29, 1.82) is 0 Å². The number of hydrogen-bond donors (Lipinski definition) is 1. The Morgan fingerprint density at radius 3 is 2.21 bits per heavy atom. The lowest BCUT2D eigenvalue weighted by Gasteiger charge is -2.43. The smallest absolute Gasteiger partial charge is 0.416 e. The van der Waals surface area contributed by atoms with Gasteiger partial charge in [0.05, 0.1) is 61.3 Å². The predicted octanol–water partition coefficient (Wildman–Crippen LogP) is 7.05. The molecule has 0 fully saturated rings. The summed E-state index contributed by atoms with van der Waals surface area (Å²) in [5, 5.41) is 8.84. The second-order valence-electron chi connectivity index (χ2n) is 10.7. The van der Waals surface area contributed by atoms with E-state index in [1.807, 2.05) is 6.92 Å². The number of amides is 1. The van der Waals surface area contributed by atoms with Gasteiger partial charge in [-0.05, 0) is 56.0 Å². The van der Waals surface area contributed by atoms with Gasteiger partial charge in [0.25, 0.3) is 0 Å². The fraction of sp³-hybridized carbons (Fsp3) is 0.452. The summed E-state index contributed by atoms with van der Waals surface area (Å²) in [6, 6.07) is 3.00. The number of aliphatic carboxylic acids is 1. The van der Waals surface area contributed by atoms with Crippen molar-refractivity contribution in [3.05, 3.63) is 65.1 Å². The van der Waals surface area contributed by atoms with Gasteiger partial charge in [0.1, 0.15) is 0 Å². The normalized spacial score (nSPS) is 16.2. The van der Waals surface area contributed by atoms with Crippen molar-refractivity contribution in [3.63, 3.8) is 0 Å². The molecule has 0 spiro atoms. The largest absolute Gasteiger partial charge is 0.490 e. The number of rotatable bonds is 12. The highest BCUT2D eigenvalue weighted by atomic mass is 19.4. The Hall–Kier alpha value is -4.83. The first kappa shape index (κ1) is 36.0. The number of anilines is 2. The number of carboxylic acids is 1. The van der Waals surface area contributed by atoms with Crippen LogP contribution < -0.4 is 19.3 Å². The van der Waals surface area contributed by atoms with Gasteiger partial charge in [-0.1, -0.05) is 6.92 Å². The van der Waals surface area contributed by atoms with E-state index in [0.29, 0.717) is 24.2 Å². The molecule has 11 nitrogen and oxygen atoms in total. The van der Waals surface area contributed by atoms with Crippen LogP contribution in [0.1, 0.15) is 68.0 Å². The minimum absolute atomic E-state index is 0.0325. The molecule has 260 valence electrons. The minimum Gasteiger partial charge on any atom is -0.490 e. The quantitative estimate of drug-likeness (QED) is 0.156. The summed E-state index contributed by atoms with van der Waals surface area (Å²) in [6.45, 7) is 3.04. The molecular weight excluding hydrogens is 652 g/mol. The van der Waals surface area contributed by atoms with Gasteiger partial charge >= 0.3 is 24.4 Å². The number of fused-ring (bicyclic) bond motifs is 1. The minimum atomic E-state index is -5.07. The van der Waals surface area contributed by atoms with Crippen molar-refractivity contribution in [1.82, 2.24) is 15.0 Å². The predicted molar refractivity (Wildman–Crippen MR) is 159 cm³/mol. The molecule has 1 aliphatic heterocycles. The van der Waals surface area contributed by atoms with Crippen LogP contribution >= 0.6 is 0 Å². The summed E-state index contributed by atoms with van der Waals surface area (Å²) >= 11 is 0. The first-order chi connectivity index (χ1) is 22.7. The Morgan fingerprint density at radius 1 is 1.02 bits per heavy atom. The lowest BCUT2D eigenvalue weighted by molar-refractivity contribution is -0.143. The summed E-state index contributed by atoms with van der Waals surface area (Å²) in [7, 11) is 1.36. The first-order valence-corrected chi connectivity index (χ1v) is 14.9. The van der Waals surface area contributed by atoms with Crippen molar-refractivity contribution in [2.45, 2.75) is 70.5 Å². The Balaban J connectivity index is 1.85. The number of pyridine rings is 1. The summed E-state index contributed by atoms with van der Waals surface area (Å²) in [4.78, 5) is 39.9. The number of methoxy groups -OCH3 is 1. The Labute approximate surface area is 271 Å². The molecule has 0 bridgehead atoms. The molecule has 1 unspecified atom stereocenters. The second kappa shape index (κ2) is 14.9. The molecule has 1 aliphatic rings. The van der Waals surface area contributed by atoms with Gasteiger partial charge in [-0.3, -0.25) is 9.69 Å². The molecule has 4 rings (SSSR count). The molecule has 0 radical (unpaired) electrons. The second-order valence-corrected chi connectivity index (χ2v) is 10.7. The van der Waals surface area contributed by atoms with E-state index < -0.39 is 54.2 Å². The number of aromatic nitrogens is 3. The number of hydrogen-bond acceptors (Lipinski definition) is 9. The highest BCUT2D eigenvalue weighted by Crippen LogP contribution is 2.44. The molecule has 0 saturated carbocycles. The average molecular weight is 686 g/mol. The zero-order valence-electron chi connectivity index (χ0n) is 26.1. The highest BCUT2D eigenvalue weighted by Gasteiger charge is 2.42. The van der Waals surface area contributed by atoms with Crippen molar-refractivity contribution in [2.24, 2.45) is 0 Å². The molecule has 1 aromatic carbocycles. The summed E-state index contributed by atoms with van der Waals surface area (Å²) in [5.74, 6) is -0.791. The zero-order chi connectivity index (χ0) is 35.2. The molecule has 17 heteroatoms. The van der Waals surface area contributed by atoms with Gasteiger partial charge in [-0.25, -0.2) is 19.7 Å². The number of carboxylic acid groups (broad SMARTS) is 1. The number of halogens is 6. The van der Waals surface area contributed by atoms with Crippen LogP contribution in [-0.2, 0) is 28.4 Å². The SMILES string of the molecule is CCOC(=O)N1c2ccc(OC)nc2C(N(Cc2cc(C(F)(F)F)cc(C(F)(F)F)c2)c2ncc(OCCCC(=O)O)cn2)C[C@H]1CC. The lowest BCUT2D eigenvalue weighted by Crippen LogP contribution is -2.48. The van der Waals surface area contributed by atoms with Crippen LogP contribution in [0.25, 0.3) is 0 Å². The Bertz CT molecular complexity index is 1560. The number of carbonyl (C=O) groups is 2. The molecule has 3 heterocycles. The number of benzene rings is 1. The summed E-state index contributed by atoms with van der Waals surface area (Å²) in [5.41, 5.74) is -2.77. The fourth-order valence-corrected chi connectivity index (χ4v) is 5.32. The van der Waals surface area contributed by atoms with Crippen molar-refractivity contribution >= 4 is 23.7 Å². The third kappa shape index (κ3) is 8.55. The van der Waals surface area contributed by atoms with Crippen LogP contribution in [0.5, 0.6) is 11.6 Å². The van der Waals surface area contributed by atoms with Gasteiger partial charge in [0.15, 0.2) is 5.75 Å². The number of alkyl halides is 6. The van der Waals surface area contributed by atoms with E-state index in [-0.39, 0.29) is 67.4 Å². The third-order valence-corrected chi connectivity index (χ3v) is 7.51. The van der Waals surface area contributed by atoms with Crippen molar-refractivity contribution in [3.8, 4) is 11.6 Å². The molecule has 48 heavy (non-hydrogen) atoms. The van der Waals surface area contributed by atoms with Crippen LogP contribution in [0.15, 0.2) is 42.7 Å². The van der Waals surface area contributed by atoms with Gasteiger partial charge < -0.3 is 24.2 Å². The van der Waals surface area contributed by atoms with Gasteiger partial charge in [-0.2, -0.15) is 26.3 Å². The maximum absolute atomic E-state index is 13.8. The van der Waals surface area contributed by atoms with E-state index in [4.69, 9.17) is 19.3 Å². The fourth-order valence-electron chi connectivity index (χ4n) is 5.32. The Morgan fingerprint density at radius 2 is 1.67 bits per heavy atom. The number of ether oxygens (including phenoxy) is 3. The topological polar surface area (TPSA) is 127 Å². The van der Waals surface area contributed by atoms with Crippen LogP contribution in [0.3, 0.4) is 0 Å². The maximum Gasteiger partial charge on any atom is 0.416 e. The van der Waals surface area contributed by atoms with Crippen LogP contribution in [0, 0.1) is 0 Å². The molecule has 1 N–H and O–H groups in total. The van der Waals surface area contributed by atoms with E-state index >= 15 is 0 Å². The molecule has 2 atom stereocenters. The van der Waals surface area contributed by atoms with Crippen LogP contribution in [0.2, 0.25) is 0 Å². The molecule has 1 amide bonds.